The van der Waals surface area contributed by atoms with Gasteiger partial charge in [-0.3, -0.25) is 9.59 Å². The van der Waals surface area contributed by atoms with Crippen LogP contribution in [-0.4, -0.2) is 41.3 Å². The van der Waals surface area contributed by atoms with E-state index in [1.54, 1.807) is 16.7 Å². The van der Waals surface area contributed by atoms with Gasteiger partial charge in [-0.2, -0.15) is 11.8 Å². The van der Waals surface area contributed by atoms with E-state index in [0.29, 0.717) is 19.4 Å². The lowest BCUT2D eigenvalue weighted by molar-refractivity contribution is -0.136. The van der Waals surface area contributed by atoms with Gasteiger partial charge in [0.25, 0.3) is 0 Å². The first kappa shape index (κ1) is 11.4. The van der Waals surface area contributed by atoms with Crippen LogP contribution in [0.4, 0.5) is 0 Å². The van der Waals surface area contributed by atoms with Crippen LogP contribution in [0.3, 0.4) is 0 Å². The van der Waals surface area contributed by atoms with E-state index >= 15 is 0 Å². The van der Waals surface area contributed by atoms with Crippen LogP contribution in [0.25, 0.3) is 0 Å². The van der Waals surface area contributed by atoms with E-state index in [0.717, 1.165) is 12.2 Å². The summed E-state index contributed by atoms with van der Waals surface area (Å²) in [4.78, 5) is 24.2. The molecule has 0 saturated carbocycles. The third kappa shape index (κ3) is 2.64. The Morgan fingerprint density at radius 3 is 2.86 bits per heavy atom. The summed E-state index contributed by atoms with van der Waals surface area (Å²) in [5, 5.41) is 0. The Kier molecular flexibility index (Phi) is 4.25. The quantitative estimate of drug-likeness (QED) is 0.715. The molecule has 0 aromatic heterocycles. The van der Waals surface area contributed by atoms with E-state index < -0.39 is 6.04 Å². The minimum atomic E-state index is -0.391. The first-order valence-corrected chi connectivity index (χ1v) is 6.14. The van der Waals surface area contributed by atoms with Gasteiger partial charge in [-0.1, -0.05) is 0 Å². The molecule has 0 aliphatic carbocycles. The Labute approximate surface area is 88.2 Å². The molecule has 5 heteroatoms. The zero-order valence-corrected chi connectivity index (χ0v) is 9.18. The van der Waals surface area contributed by atoms with Crippen molar-refractivity contribution in [2.24, 2.45) is 5.73 Å². The predicted molar refractivity (Wildman–Crippen MR) is 56.9 cm³/mol. The first-order valence-electron chi connectivity index (χ1n) is 4.74. The van der Waals surface area contributed by atoms with Crippen molar-refractivity contribution >= 4 is 23.6 Å². The van der Waals surface area contributed by atoms with E-state index in [2.05, 4.69) is 0 Å². The molecule has 1 aliphatic rings. The first-order chi connectivity index (χ1) is 6.66. The van der Waals surface area contributed by atoms with Crippen LogP contribution in [0.1, 0.15) is 19.3 Å². The average Bonchev–Trinajstić information content (AvgIpc) is 2.52. The Hall–Kier alpha value is -0.710. The lowest BCUT2D eigenvalue weighted by atomic mass is 10.2. The normalized spacial score (nSPS) is 18.6. The summed E-state index contributed by atoms with van der Waals surface area (Å²) in [7, 11) is 0. The van der Waals surface area contributed by atoms with Crippen LogP contribution in [0, 0.1) is 0 Å². The van der Waals surface area contributed by atoms with E-state index in [9.17, 15) is 9.59 Å². The summed E-state index contributed by atoms with van der Waals surface area (Å²) >= 11 is 1.66. The summed E-state index contributed by atoms with van der Waals surface area (Å²) in [5.74, 6) is 0.543. The molecule has 2 amide bonds. The number of thioether (sulfide) groups is 1. The number of nitrogens with two attached hydrogens (primary N) is 1. The van der Waals surface area contributed by atoms with Crippen molar-refractivity contribution in [1.82, 2.24) is 4.90 Å². The van der Waals surface area contributed by atoms with Gasteiger partial charge in [0, 0.05) is 13.0 Å². The highest BCUT2D eigenvalue weighted by molar-refractivity contribution is 7.98. The molecule has 0 bridgehead atoms. The third-order valence-corrected chi connectivity index (χ3v) is 3.05. The molecule has 1 aliphatic heterocycles. The Balaban J connectivity index is 2.57. The molecule has 0 aromatic rings. The van der Waals surface area contributed by atoms with Crippen LogP contribution < -0.4 is 5.73 Å². The smallest absolute Gasteiger partial charge is 0.240 e. The van der Waals surface area contributed by atoms with Crippen molar-refractivity contribution in [3.63, 3.8) is 0 Å². The van der Waals surface area contributed by atoms with E-state index in [4.69, 9.17) is 5.73 Å². The van der Waals surface area contributed by atoms with Crippen LogP contribution in [0.2, 0.25) is 0 Å². The van der Waals surface area contributed by atoms with Gasteiger partial charge in [0.1, 0.15) is 6.04 Å². The second-order valence-corrected chi connectivity index (χ2v) is 4.38. The zero-order valence-electron chi connectivity index (χ0n) is 8.36. The fraction of sp³-hybridized carbons (Fsp3) is 0.778. The van der Waals surface area contributed by atoms with Gasteiger partial charge in [-0.25, -0.2) is 0 Å². The summed E-state index contributed by atoms with van der Waals surface area (Å²) in [5.41, 5.74) is 5.28. The fourth-order valence-corrected chi connectivity index (χ4v) is 2.14. The molecule has 14 heavy (non-hydrogen) atoms. The Morgan fingerprint density at radius 2 is 2.43 bits per heavy atom. The van der Waals surface area contributed by atoms with Gasteiger partial charge in [0.05, 0.1) is 0 Å². The number of amides is 2. The molecule has 1 heterocycles. The standard InChI is InChI=1S/C9H16N2O2S/c1-14-6-4-7(9(10)13)11-5-2-3-8(11)12/h7H,2-6H2,1H3,(H2,10,13)/t7-/m0/s1. The molecular weight excluding hydrogens is 200 g/mol. The van der Waals surface area contributed by atoms with Crippen LogP contribution >= 0.6 is 11.8 Å². The molecular formula is C9H16N2O2S. The molecule has 1 rings (SSSR count). The molecule has 2 N–H and O–H groups in total. The molecule has 1 fully saturated rings. The van der Waals surface area contributed by atoms with E-state index in [1.165, 1.54) is 0 Å². The maximum Gasteiger partial charge on any atom is 0.240 e. The van der Waals surface area contributed by atoms with Crippen LogP contribution in [0.5, 0.6) is 0 Å². The molecule has 0 spiro atoms. The van der Waals surface area contributed by atoms with Gasteiger partial charge >= 0.3 is 0 Å². The average molecular weight is 216 g/mol. The summed E-state index contributed by atoms with van der Waals surface area (Å²) in [6.45, 7) is 0.681. The molecule has 80 valence electrons. The predicted octanol–water partition coefficient (Wildman–Crippen LogP) is 0.216. The van der Waals surface area contributed by atoms with E-state index in [1.807, 2.05) is 6.26 Å². The maximum absolute atomic E-state index is 11.4. The second-order valence-electron chi connectivity index (χ2n) is 3.39. The van der Waals surface area contributed by atoms with Gasteiger partial charge < -0.3 is 10.6 Å². The summed E-state index contributed by atoms with van der Waals surface area (Å²) in [6.07, 6.45) is 4.05. The Morgan fingerprint density at radius 1 is 1.71 bits per heavy atom. The van der Waals surface area contributed by atoms with Crippen molar-refractivity contribution in [2.45, 2.75) is 25.3 Å². The second kappa shape index (κ2) is 5.24. The molecule has 0 radical (unpaired) electrons. The van der Waals surface area contributed by atoms with Crippen molar-refractivity contribution < 1.29 is 9.59 Å². The van der Waals surface area contributed by atoms with Crippen LogP contribution in [0.15, 0.2) is 0 Å². The number of hydrogen-bond acceptors (Lipinski definition) is 3. The van der Waals surface area contributed by atoms with Gasteiger partial charge in [-0.15, -0.1) is 0 Å². The minimum Gasteiger partial charge on any atom is -0.368 e. The lowest BCUT2D eigenvalue weighted by Crippen LogP contribution is -2.45. The third-order valence-electron chi connectivity index (χ3n) is 2.41. The molecule has 1 saturated heterocycles. The number of likely N-dealkylation sites (tertiary alicyclic amines) is 1. The fourth-order valence-electron chi connectivity index (χ4n) is 1.68. The van der Waals surface area contributed by atoms with Crippen molar-refractivity contribution in [3.8, 4) is 0 Å². The highest BCUT2D eigenvalue weighted by Crippen LogP contribution is 2.16. The SMILES string of the molecule is CSCC[C@@H](C(N)=O)N1CCCC1=O. The number of nitrogens with zero attached hydrogens (tertiary/aromatic N) is 1. The molecule has 0 aromatic carbocycles. The number of rotatable bonds is 5. The van der Waals surface area contributed by atoms with Gasteiger partial charge in [0.2, 0.25) is 11.8 Å². The van der Waals surface area contributed by atoms with Gasteiger partial charge in [-0.05, 0) is 24.9 Å². The number of carbonyl (C=O) groups is 2. The van der Waals surface area contributed by atoms with Crippen molar-refractivity contribution in [2.75, 3.05) is 18.6 Å². The summed E-state index contributed by atoms with van der Waals surface area (Å²) in [6, 6.07) is -0.391. The highest BCUT2D eigenvalue weighted by Gasteiger charge is 2.30. The van der Waals surface area contributed by atoms with E-state index in [-0.39, 0.29) is 11.8 Å². The molecule has 0 unspecified atom stereocenters. The molecule has 1 atom stereocenters. The Bertz CT molecular complexity index is 233. The minimum absolute atomic E-state index is 0.0647. The summed E-state index contributed by atoms with van der Waals surface area (Å²) < 4.78 is 0. The zero-order chi connectivity index (χ0) is 10.6. The lowest BCUT2D eigenvalue weighted by Gasteiger charge is -2.24. The topological polar surface area (TPSA) is 63.4 Å². The number of primary amides is 1. The maximum atomic E-state index is 11.4. The monoisotopic (exact) mass is 216 g/mol. The molecule has 4 nitrogen and oxygen atoms in total. The highest BCUT2D eigenvalue weighted by atomic mass is 32.2. The number of carbonyl (C=O) groups excluding carboxylic acids is 2. The van der Waals surface area contributed by atoms with Gasteiger partial charge in [0.15, 0.2) is 0 Å². The van der Waals surface area contributed by atoms with Crippen LogP contribution in [-0.2, 0) is 9.59 Å². The van der Waals surface area contributed by atoms with Crippen molar-refractivity contribution in [1.29, 1.82) is 0 Å². The number of hydrogen-bond donors (Lipinski definition) is 1. The largest absolute Gasteiger partial charge is 0.368 e. The van der Waals surface area contributed by atoms with Crippen molar-refractivity contribution in [3.05, 3.63) is 0 Å².